The number of nitrogens with one attached hydrogen (secondary N) is 1. The first-order valence-electron chi connectivity index (χ1n) is 8.33. The molecule has 0 radical (unpaired) electrons. The van der Waals surface area contributed by atoms with Crippen LogP contribution in [-0.2, 0) is 11.3 Å². The lowest BCUT2D eigenvalue weighted by atomic mass is 10.1. The number of oxime groups is 1. The summed E-state index contributed by atoms with van der Waals surface area (Å²) in [6.45, 7) is 5.34. The number of amides is 1. The molecule has 8 nitrogen and oxygen atoms in total. The van der Waals surface area contributed by atoms with Crippen molar-refractivity contribution in [3.8, 4) is 17.0 Å². The number of methoxy groups -OCH3 is 1. The van der Waals surface area contributed by atoms with Crippen LogP contribution >= 0.6 is 0 Å². The van der Waals surface area contributed by atoms with Crippen molar-refractivity contribution in [1.82, 2.24) is 9.88 Å². The van der Waals surface area contributed by atoms with E-state index >= 15 is 0 Å². The largest absolute Gasteiger partial charge is 0.497 e. The van der Waals surface area contributed by atoms with Crippen molar-refractivity contribution in [3.63, 3.8) is 0 Å². The van der Waals surface area contributed by atoms with Crippen molar-refractivity contribution in [2.45, 2.75) is 32.9 Å². The SMILES string of the molecule is COc1cccc(-c2ccc(/C(N)=N/O)c(=O)n2CC(=O)NC(C)(C)C)c1. The molecule has 0 bridgehead atoms. The number of hydrogen-bond acceptors (Lipinski definition) is 5. The summed E-state index contributed by atoms with van der Waals surface area (Å²) >= 11 is 0. The van der Waals surface area contributed by atoms with Gasteiger partial charge in [0.25, 0.3) is 5.56 Å². The summed E-state index contributed by atoms with van der Waals surface area (Å²) in [4.78, 5) is 25.3. The number of amidine groups is 1. The van der Waals surface area contributed by atoms with Gasteiger partial charge in [0.1, 0.15) is 12.3 Å². The van der Waals surface area contributed by atoms with Crippen molar-refractivity contribution in [1.29, 1.82) is 0 Å². The molecule has 0 fully saturated rings. The van der Waals surface area contributed by atoms with Gasteiger partial charge >= 0.3 is 0 Å². The number of aromatic nitrogens is 1. The molecule has 1 heterocycles. The molecule has 0 aliphatic carbocycles. The van der Waals surface area contributed by atoms with Crippen LogP contribution in [-0.4, -0.2) is 34.2 Å². The number of nitrogens with zero attached hydrogens (tertiary/aromatic N) is 2. The van der Waals surface area contributed by atoms with Crippen LogP contribution in [0.2, 0.25) is 0 Å². The second-order valence-corrected chi connectivity index (χ2v) is 7.04. The molecule has 0 unspecified atom stereocenters. The molecule has 1 aromatic carbocycles. The first-order chi connectivity index (χ1) is 12.7. The molecule has 0 saturated heterocycles. The fourth-order valence-electron chi connectivity index (χ4n) is 2.62. The quantitative estimate of drug-likeness (QED) is 0.318. The summed E-state index contributed by atoms with van der Waals surface area (Å²) in [5.74, 6) is -0.0290. The smallest absolute Gasteiger partial charge is 0.262 e. The molecular formula is C19H24N4O4. The predicted molar refractivity (Wildman–Crippen MR) is 103 cm³/mol. The van der Waals surface area contributed by atoms with Crippen LogP contribution in [0.15, 0.2) is 46.3 Å². The van der Waals surface area contributed by atoms with E-state index in [0.29, 0.717) is 17.0 Å². The summed E-state index contributed by atoms with van der Waals surface area (Å²) in [7, 11) is 1.55. The molecule has 0 spiro atoms. The van der Waals surface area contributed by atoms with Crippen LogP contribution in [0.3, 0.4) is 0 Å². The Bertz CT molecular complexity index is 926. The van der Waals surface area contributed by atoms with Crippen molar-refractivity contribution in [2.75, 3.05) is 7.11 Å². The van der Waals surface area contributed by atoms with Gasteiger partial charge in [-0.25, -0.2) is 0 Å². The van der Waals surface area contributed by atoms with Gasteiger partial charge in [0.2, 0.25) is 5.91 Å². The summed E-state index contributed by atoms with van der Waals surface area (Å²) in [6, 6.07) is 10.2. The fourth-order valence-corrected chi connectivity index (χ4v) is 2.62. The molecule has 4 N–H and O–H groups in total. The molecule has 0 aliphatic rings. The Morgan fingerprint density at radius 1 is 1.30 bits per heavy atom. The van der Waals surface area contributed by atoms with Gasteiger partial charge in [-0.05, 0) is 45.0 Å². The Balaban J connectivity index is 2.60. The average Bonchev–Trinajstić information content (AvgIpc) is 2.61. The Hall–Kier alpha value is -3.29. The molecule has 0 saturated carbocycles. The maximum Gasteiger partial charge on any atom is 0.262 e. The van der Waals surface area contributed by atoms with Gasteiger partial charge in [-0.1, -0.05) is 17.3 Å². The lowest BCUT2D eigenvalue weighted by Crippen LogP contribution is -2.44. The fraction of sp³-hybridized carbons (Fsp3) is 0.316. The van der Waals surface area contributed by atoms with E-state index in [-0.39, 0.29) is 23.9 Å². The number of ether oxygens (including phenoxy) is 1. The number of rotatable bonds is 5. The van der Waals surface area contributed by atoms with E-state index in [2.05, 4.69) is 10.5 Å². The van der Waals surface area contributed by atoms with E-state index in [4.69, 9.17) is 15.7 Å². The highest BCUT2D eigenvalue weighted by molar-refractivity contribution is 5.97. The molecule has 0 atom stereocenters. The van der Waals surface area contributed by atoms with Gasteiger partial charge in [0, 0.05) is 11.1 Å². The highest BCUT2D eigenvalue weighted by Gasteiger charge is 2.19. The van der Waals surface area contributed by atoms with Gasteiger partial charge in [0.15, 0.2) is 5.84 Å². The van der Waals surface area contributed by atoms with Crippen LogP contribution < -0.4 is 21.3 Å². The summed E-state index contributed by atoms with van der Waals surface area (Å²) in [5, 5.41) is 14.6. The topological polar surface area (TPSA) is 119 Å². The van der Waals surface area contributed by atoms with Crippen LogP contribution in [0.25, 0.3) is 11.3 Å². The maximum absolute atomic E-state index is 12.9. The Morgan fingerprint density at radius 2 is 2.00 bits per heavy atom. The van der Waals surface area contributed by atoms with Gasteiger partial charge in [-0.3, -0.25) is 14.2 Å². The monoisotopic (exact) mass is 372 g/mol. The van der Waals surface area contributed by atoms with E-state index in [9.17, 15) is 9.59 Å². The zero-order chi connectivity index (χ0) is 20.2. The molecule has 1 aromatic heterocycles. The molecule has 144 valence electrons. The number of carbonyl (C=O) groups is 1. The summed E-state index contributed by atoms with van der Waals surface area (Å²) in [6.07, 6.45) is 0. The highest BCUT2D eigenvalue weighted by atomic mass is 16.5. The Kier molecular flexibility index (Phi) is 5.89. The molecular weight excluding hydrogens is 348 g/mol. The number of hydrogen-bond donors (Lipinski definition) is 3. The molecule has 27 heavy (non-hydrogen) atoms. The number of pyridine rings is 1. The predicted octanol–water partition coefficient (Wildman–Crippen LogP) is 1.53. The zero-order valence-electron chi connectivity index (χ0n) is 15.8. The van der Waals surface area contributed by atoms with E-state index in [1.807, 2.05) is 20.8 Å². The van der Waals surface area contributed by atoms with Gasteiger partial charge in [-0.15, -0.1) is 0 Å². The number of nitrogens with two attached hydrogens (primary N) is 1. The number of carbonyl (C=O) groups excluding carboxylic acids is 1. The lowest BCUT2D eigenvalue weighted by molar-refractivity contribution is -0.123. The van der Waals surface area contributed by atoms with Crippen LogP contribution in [0.1, 0.15) is 26.3 Å². The van der Waals surface area contributed by atoms with Crippen LogP contribution in [0, 0.1) is 0 Å². The first-order valence-corrected chi connectivity index (χ1v) is 8.33. The van der Waals surface area contributed by atoms with E-state index in [1.165, 1.54) is 10.6 Å². The van der Waals surface area contributed by atoms with Crippen LogP contribution in [0.4, 0.5) is 0 Å². The highest BCUT2D eigenvalue weighted by Crippen LogP contribution is 2.23. The minimum absolute atomic E-state index is 0.00713. The Morgan fingerprint density at radius 3 is 2.59 bits per heavy atom. The molecule has 2 rings (SSSR count). The normalized spacial score (nSPS) is 11.9. The second-order valence-electron chi connectivity index (χ2n) is 7.04. The average molecular weight is 372 g/mol. The summed E-state index contributed by atoms with van der Waals surface area (Å²) in [5.41, 5.74) is 5.83. The third-order valence-corrected chi connectivity index (χ3v) is 3.74. The van der Waals surface area contributed by atoms with E-state index in [0.717, 1.165) is 0 Å². The summed E-state index contributed by atoms with van der Waals surface area (Å²) < 4.78 is 6.53. The standard InChI is InChI=1S/C19H24N4O4/c1-19(2,3)21-16(24)11-23-15(12-6-5-7-13(10-12)27-4)9-8-14(18(23)25)17(20)22-26/h5-10,26H,11H2,1-4H3,(H2,20,22)(H,21,24). The van der Waals surface area contributed by atoms with Gasteiger partial charge in [0.05, 0.1) is 18.4 Å². The number of benzene rings is 1. The van der Waals surface area contributed by atoms with E-state index < -0.39 is 11.1 Å². The van der Waals surface area contributed by atoms with Crippen molar-refractivity contribution >= 4 is 11.7 Å². The van der Waals surface area contributed by atoms with Crippen molar-refractivity contribution < 1.29 is 14.7 Å². The van der Waals surface area contributed by atoms with Crippen LogP contribution in [0.5, 0.6) is 5.75 Å². The third-order valence-electron chi connectivity index (χ3n) is 3.74. The first kappa shape index (κ1) is 20.0. The Labute approximate surface area is 157 Å². The molecule has 1 amide bonds. The molecule has 0 aliphatic heterocycles. The lowest BCUT2D eigenvalue weighted by Gasteiger charge is -2.22. The van der Waals surface area contributed by atoms with Crippen molar-refractivity contribution in [3.05, 3.63) is 52.3 Å². The minimum atomic E-state index is -0.533. The maximum atomic E-state index is 12.9. The zero-order valence-corrected chi connectivity index (χ0v) is 15.8. The minimum Gasteiger partial charge on any atom is -0.497 e. The van der Waals surface area contributed by atoms with Crippen molar-refractivity contribution in [2.24, 2.45) is 10.9 Å². The van der Waals surface area contributed by atoms with Gasteiger partial charge < -0.3 is 21.0 Å². The van der Waals surface area contributed by atoms with Gasteiger partial charge in [-0.2, -0.15) is 0 Å². The molecule has 2 aromatic rings. The van der Waals surface area contributed by atoms with E-state index in [1.54, 1.807) is 37.4 Å². The second kappa shape index (κ2) is 7.94. The molecule has 8 heteroatoms. The third kappa shape index (κ3) is 4.87.